The van der Waals surface area contributed by atoms with Crippen molar-refractivity contribution in [2.75, 3.05) is 0 Å². The zero-order valence-corrected chi connectivity index (χ0v) is 14.4. The summed E-state index contributed by atoms with van der Waals surface area (Å²) in [7, 11) is 0. The molecule has 0 saturated carbocycles. The van der Waals surface area contributed by atoms with Crippen LogP contribution < -0.4 is 0 Å². The Bertz CT molecular complexity index is 960. The number of carboxylic acids is 1. The van der Waals surface area contributed by atoms with E-state index in [-0.39, 0.29) is 6.42 Å². The molecule has 4 nitrogen and oxygen atoms in total. The van der Waals surface area contributed by atoms with Gasteiger partial charge in [0.25, 0.3) is 0 Å². The van der Waals surface area contributed by atoms with Gasteiger partial charge >= 0.3 is 5.97 Å². The first-order chi connectivity index (χ1) is 12.0. The number of benzene rings is 2. The van der Waals surface area contributed by atoms with Gasteiger partial charge in [0.15, 0.2) is 0 Å². The second-order valence-corrected chi connectivity index (χ2v) is 6.51. The molecule has 0 spiro atoms. The highest BCUT2D eigenvalue weighted by Gasteiger charge is 2.19. The molecule has 0 unspecified atom stereocenters. The van der Waals surface area contributed by atoms with Crippen LogP contribution in [0.4, 0.5) is 0 Å². The van der Waals surface area contributed by atoms with Gasteiger partial charge in [-0.3, -0.25) is 4.79 Å². The molecule has 4 heteroatoms. The second-order valence-electron chi connectivity index (χ2n) is 6.51. The molecule has 1 aromatic heterocycles. The fourth-order valence-electron chi connectivity index (χ4n) is 3.19. The number of carboxylic acid groups (broad SMARTS) is 1. The van der Waals surface area contributed by atoms with Crippen molar-refractivity contribution in [3.8, 4) is 6.07 Å². The minimum absolute atomic E-state index is 0.150. The Hall–Kier alpha value is -3.06. The standard InChI is InChI=1S/C21H20N2O2/c1-14(2)16-9-7-15(8-10-16)13-23-19-6-4-3-5-17(19)18(11-21(24)25)20(23)12-22/h3-10,14H,11,13H2,1-2H3,(H,24,25). The highest BCUT2D eigenvalue weighted by atomic mass is 16.4. The summed E-state index contributed by atoms with van der Waals surface area (Å²) in [5.41, 5.74) is 4.26. The van der Waals surface area contributed by atoms with Crippen LogP contribution in [0.5, 0.6) is 0 Å². The fourth-order valence-corrected chi connectivity index (χ4v) is 3.19. The highest BCUT2D eigenvalue weighted by molar-refractivity contribution is 5.90. The van der Waals surface area contributed by atoms with Gasteiger partial charge in [0.05, 0.1) is 6.42 Å². The number of hydrogen-bond acceptors (Lipinski definition) is 2. The molecule has 0 aliphatic rings. The average Bonchev–Trinajstić information content (AvgIpc) is 2.88. The summed E-state index contributed by atoms with van der Waals surface area (Å²) >= 11 is 0. The molecule has 0 bridgehead atoms. The van der Waals surface area contributed by atoms with Gasteiger partial charge in [-0.25, -0.2) is 0 Å². The van der Waals surface area contributed by atoms with E-state index >= 15 is 0 Å². The molecule has 0 aliphatic carbocycles. The van der Waals surface area contributed by atoms with E-state index in [2.05, 4.69) is 44.2 Å². The topological polar surface area (TPSA) is 66.0 Å². The Kier molecular flexibility index (Phi) is 4.58. The van der Waals surface area contributed by atoms with Crippen molar-refractivity contribution in [1.29, 1.82) is 5.26 Å². The Morgan fingerprint density at radius 2 is 1.84 bits per heavy atom. The summed E-state index contributed by atoms with van der Waals surface area (Å²) in [6.07, 6.45) is -0.150. The average molecular weight is 332 g/mol. The van der Waals surface area contributed by atoms with Crippen LogP contribution in [0.2, 0.25) is 0 Å². The number of rotatable bonds is 5. The Morgan fingerprint density at radius 1 is 1.16 bits per heavy atom. The van der Waals surface area contributed by atoms with Gasteiger partial charge in [-0.05, 0) is 23.1 Å². The normalized spacial score (nSPS) is 11.0. The van der Waals surface area contributed by atoms with E-state index in [1.165, 1.54) is 5.56 Å². The third kappa shape index (κ3) is 3.27. The lowest BCUT2D eigenvalue weighted by Crippen LogP contribution is -2.06. The molecule has 25 heavy (non-hydrogen) atoms. The van der Waals surface area contributed by atoms with Crippen LogP contribution in [0.25, 0.3) is 10.9 Å². The van der Waals surface area contributed by atoms with Crippen molar-refractivity contribution in [2.24, 2.45) is 0 Å². The first-order valence-electron chi connectivity index (χ1n) is 8.32. The largest absolute Gasteiger partial charge is 0.481 e. The van der Waals surface area contributed by atoms with Crippen molar-refractivity contribution in [3.05, 3.63) is 70.9 Å². The molecule has 3 aromatic rings. The second kappa shape index (κ2) is 6.82. The van der Waals surface area contributed by atoms with Gasteiger partial charge < -0.3 is 9.67 Å². The molecule has 0 atom stereocenters. The minimum atomic E-state index is -0.930. The third-order valence-electron chi connectivity index (χ3n) is 4.50. The lowest BCUT2D eigenvalue weighted by molar-refractivity contribution is -0.136. The van der Waals surface area contributed by atoms with Crippen molar-refractivity contribution in [3.63, 3.8) is 0 Å². The molecule has 0 amide bonds. The first kappa shape index (κ1) is 16.8. The molecular formula is C21H20N2O2. The molecule has 2 aromatic carbocycles. The lowest BCUT2D eigenvalue weighted by atomic mass is 10.0. The SMILES string of the molecule is CC(C)c1ccc(Cn2c(C#N)c(CC(=O)O)c3ccccc32)cc1. The summed E-state index contributed by atoms with van der Waals surface area (Å²) < 4.78 is 1.91. The zero-order valence-electron chi connectivity index (χ0n) is 14.4. The van der Waals surface area contributed by atoms with Crippen LogP contribution in [-0.4, -0.2) is 15.6 Å². The molecule has 1 heterocycles. The monoisotopic (exact) mass is 332 g/mol. The van der Waals surface area contributed by atoms with Crippen molar-refractivity contribution in [2.45, 2.75) is 32.7 Å². The minimum Gasteiger partial charge on any atom is -0.481 e. The van der Waals surface area contributed by atoms with E-state index < -0.39 is 5.97 Å². The molecule has 0 saturated heterocycles. The van der Waals surface area contributed by atoms with Gasteiger partial charge in [0, 0.05) is 23.0 Å². The number of nitriles is 1. The van der Waals surface area contributed by atoms with E-state index in [9.17, 15) is 15.2 Å². The van der Waals surface area contributed by atoms with Gasteiger partial charge in [-0.15, -0.1) is 0 Å². The van der Waals surface area contributed by atoms with Crippen molar-refractivity contribution < 1.29 is 9.90 Å². The van der Waals surface area contributed by atoms with Crippen molar-refractivity contribution >= 4 is 16.9 Å². The Labute approximate surface area is 146 Å². The molecule has 0 radical (unpaired) electrons. The maximum Gasteiger partial charge on any atom is 0.307 e. The summed E-state index contributed by atoms with van der Waals surface area (Å²) in [5, 5.41) is 19.7. The van der Waals surface area contributed by atoms with E-state index in [0.717, 1.165) is 16.5 Å². The van der Waals surface area contributed by atoms with Crippen molar-refractivity contribution in [1.82, 2.24) is 4.57 Å². The Morgan fingerprint density at radius 3 is 2.44 bits per heavy atom. The molecule has 0 aliphatic heterocycles. The quantitative estimate of drug-likeness (QED) is 0.757. The van der Waals surface area contributed by atoms with E-state index in [1.54, 1.807) is 0 Å². The molecular weight excluding hydrogens is 312 g/mol. The number of aromatic nitrogens is 1. The summed E-state index contributed by atoms with van der Waals surface area (Å²) in [6, 6.07) is 18.2. The number of para-hydroxylation sites is 1. The predicted octanol–water partition coefficient (Wildman–Crippen LogP) is 4.31. The number of carbonyl (C=O) groups is 1. The number of aliphatic carboxylic acids is 1. The maximum absolute atomic E-state index is 11.2. The van der Waals surface area contributed by atoms with Crippen LogP contribution in [0.3, 0.4) is 0 Å². The number of nitrogens with zero attached hydrogens (tertiary/aromatic N) is 2. The summed E-state index contributed by atoms with van der Waals surface area (Å²) in [6.45, 7) is 4.85. The molecule has 1 N–H and O–H groups in total. The van der Waals surface area contributed by atoms with E-state index in [4.69, 9.17) is 0 Å². The van der Waals surface area contributed by atoms with Crippen LogP contribution in [0.1, 0.15) is 42.1 Å². The van der Waals surface area contributed by atoms with Crippen LogP contribution in [0.15, 0.2) is 48.5 Å². The number of hydrogen-bond donors (Lipinski definition) is 1. The van der Waals surface area contributed by atoms with Gasteiger partial charge in [0.1, 0.15) is 11.8 Å². The van der Waals surface area contributed by atoms with Gasteiger partial charge in [-0.1, -0.05) is 56.3 Å². The number of fused-ring (bicyclic) bond motifs is 1. The predicted molar refractivity (Wildman–Crippen MR) is 97.6 cm³/mol. The maximum atomic E-state index is 11.2. The van der Waals surface area contributed by atoms with Gasteiger partial charge in [-0.2, -0.15) is 5.26 Å². The summed E-state index contributed by atoms with van der Waals surface area (Å²) in [5.74, 6) is -0.459. The third-order valence-corrected chi connectivity index (χ3v) is 4.50. The molecule has 3 rings (SSSR count). The molecule has 126 valence electrons. The van der Waals surface area contributed by atoms with Gasteiger partial charge in [0.2, 0.25) is 0 Å². The zero-order chi connectivity index (χ0) is 18.0. The van der Waals surface area contributed by atoms with E-state index in [1.807, 2.05) is 28.8 Å². The first-order valence-corrected chi connectivity index (χ1v) is 8.32. The highest BCUT2D eigenvalue weighted by Crippen LogP contribution is 2.27. The molecule has 0 fully saturated rings. The lowest BCUT2D eigenvalue weighted by Gasteiger charge is -2.10. The van der Waals surface area contributed by atoms with Crippen LogP contribution in [0, 0.1) is 11.3 Å². The Balaban J connectivity index is 2.09. The van der Waals surface area contributed by atoms with Crippen LogP contribution in [-0.2, 0) is 17.8 Å². The van der Waals surface area contributed by atoms with Crippen LogP contribution >= 0.6 is 0 Å². The van der Waals surface area contributed by atoms with E-state index in [0.29, 0.717) is 23.7 Å². The smallest absolute Gasteiger partial charge is 0.307 e. The summed E-state index contributed by atoms with van der Waals surface area (Å²) in [4.78, 5) is 11.2. The fraction of sp³-hybridized carbons (Fsp3) is 0.238.